The van der Waals surface area contributed by atoms with Crippen LogP contribution in [0.1, 0.15) is 23.2 Å². The smallest absolute Gasteiger partial charge is 0.250 e. The lowest BCUT2D eigenvalue weighted by atomic mass is 9.91. The summed E-state index contributed by atoms with van der Waals surface area (Å²) in [6, 6.07) is 11.1. The van der Waals surface area contributed by atoms with E-state index in [4.69, 9.17) is 4.74 Å². The number of nitrogens with zero attached hydrogens (tertiary/aromatic N) is 1. The van der Waals surface area contributed by atoms with Gasteiger partial charge in [-0.15, -0.1) is 0 Å². The lowest BCUT2D eigenvalue weighted by Crippen LogP contribution is -2.40. The molecule has 1 aromatic carbocycles. The molecule has 0 fully saturated rings. The van der Waals surface area contributed by atoms with Gasteiger partial charge in [-0.1, -0.05) is 18.2 Å². The van der Waals surface area contributed by atoms with Gasteiger partial charge < -0.3 is 14.6 Å². The predicted octanol–water partition coefficient (Wildman–Crippen LogP) is 1.61. The fraction of sp³-hybridized carbons (Fsp3) is 0.368. The van der Waals surface area contributed by atoms with E-state index in [-0.39, 0.29) is 17.5 Å². The number of amides is 1. The Morgan fingerprint density at radius 1 is 1.25 bits per heavy atom. The Bertz CT molecular complexity index is 793. The molecule has 5 nitrogen and oxygen atoms in total. The first-order chi connectivity index (χ1) is 11.6. The van der Waals surface area contributed by atoms with Crippen molar-refractivity contribution in [3.63, 3.8) is 0 Å². The number of fused-ring (bicyclic) bond motifs is 1. The highest BCUT2D eigenvalue weighted by atomic mass is 16.5. The Morgan fingerprint density at radius 3 is 2.71 bits per heavy atom. The van der Waals surface area contributed by atoms with Crippen LogP contribution in [0, 0.1) is 0 Å². The van der Waals surface area contributed by atoms with Crippen molar-refractivity contribution in [2.45, 2.75) is 31.7 Å². The minimum absolute atomic E-state index is 0.0238. The number of rotatable bonds is 4. The third-order valence-corrected chi connectivity index (χ3v) is 4.62. The van der Waals surface area contributed by atoms with Crippen molar-refractivity contribution in [2.24, 2.45) is 7.05 Å². The summed E-state index contributed by atoms with van der Waals surface area (Å²) in [7, 11) is 3.43. The maximum absolute atomic E-state index is 12.3. The molecule has 1 atom stereocenters. The van der Waals surface area contributed by atoms with Crippen LogP contribution in [0.3, 0.4) is 0 Å². The second kappa shape index (κ2) is 6.91. The van der Waals surface area contributed by atoms with Gasteiger partial charge in [0.15, 0.2) is 0 Å². The maximum Gasteiger partial charge on any atom is 0.250 e. The molecule has 5 heteroatoms. The second-order valence-electron chi connectivity index (χ2n) is 6.23. The summed E-state index contributed by atoms with van der Waals surface area (Å²) in [5.74, 6) is 0.812. The summed E-state index contributed by atoms with van der Waals surface area (Å²) in [6.07, 6.45) is 2.81. The molecule has 1 aliphatic carbocycles. The van der Waals surface area contributed by atoms with E-state index in [9.17, 15) is 9.59 Å². The Balaban J connectivity index is 1.61. The standard InChI is InChI=1S/C19H22N2O3/c1-21-17-9-6-15(12-14(17)5-10-19(21)23)20-18(22)11-13-3-7-16(24-2)8-4-13/h3-5,7-8,10,15H,6,9,11-12H2,1-2H3,(H,20,22). The molecule has 0 aliphatic heterocycles. The minimum atomic E-state index is 0.0238. The molecule has 2 aromatic rings. The van der Waals surface area contributed by atoms with Crippen molar-refractivity contribution < 1.29 is 9.53 Å². The van der Waals surface area contributed by atoms with Gasteiger partial charge in [0, 0.05) is 24.8 Å². The van der Waals surface area contributed by atoms with E-state index in [0.29, 0.717) is 6.42 Å². The lowest BCUT2D eigenvalue weighted by Gasteiger charge is -2.26. The minimum Gasteiger partial charge on any atom is -0.497 e. The predicted molar refractivity (Wildman–Crippen MR) is 92.3 cm³/mol. The summed E-state index contributed by atoms with van der Waals surface area (Å²) in [5, 5.41) is 3.11. The Kier molecular flexibility index (Phi) is 4.69. The SMILES string of the molecule is COc1ccc(CC(=O)NC2CCc3c(ccc(=O)n3C)C2)cc1. The quantitative estimate of drug-likeness (QED) is 0.928. The number of hydrogen-bond donors (Lipinski definition) is 1. The molecule has 1 unspecified atom stereocenters. The molecule has 3 rings (SSSR count). The van der Waals surface area contributed by atoms with Crippen LogP contribution < -0.4 is 15.6 Å². The van der Waals surface area contributed by atoms with Crippen molar-refractivity contribution in [3.05, 3.63) is 63.6 Å². The molecule has 0 spiro atoms. The van der Waals surface area contributed by atoms with Gasteiger partial charge >= 0.3 is 0 Å². The molecule has 0 saturated carbocycles. The number of methoxy groups -OCH3 is 1. The van der Waals surface area contributed by atoms with Crippen LogP contribution in [0.2, 0.25) is 0 Å². The topological polar surface area (TPSA) is 60.3 Å². The van der Waals surface area contributed by atoms with Gasteiger partial charge in [-0.25, -0.2) is 0 Å². The van der Waals surface area contributed by atoms with Crippen molar-refractivity contribution in [2.75, 3.05) is 7.11 Å². The molecule has 1 amide bonds. The van der Waals surface area contributed by atoms with Crippen molar-refractivity contribution >= 4 is 5.91 Å². The van der Waals surface area contributed by atoms with Gasteiger partial charge in [-0.3, -0.25) is 9.59 Å². The van der Waals surface area contributed by atoms with E-state index >= 15 is 0 Å². The van der Waals surface area contributed by atoms with Gasteiger partial charge in [-0.2, -0.15) is 0 Å². The number of pyridine rings is 1. The first-order valence-electron chi connectivity index (χ1n) is 8.17. The number of carbonyl (C=O) groups excluding carboxylic acids is 1. The van der Waals surface area contributed by atoms with E-state index in [1.807, 2.05) is 37.4 Å². The van der Waals surface area contributed by atoms with E-state index < -0.39 is 0 Å². The van der Waals surface area contributed by atoms with Gasteiger partial charge in [0.25, 0.3) is 0 Å². The van der Waals surface area contributed by atoms with Crippen molar-refractivity contribution in [1.82, 2.24) is 9.88 Å². The average Bonchev–Trinajstić information content (AvgIpc) is 2.59. The Labute approximate surface area is 141 Å². The largest absolute Gasteiger partial charge is 0.497 e. The summed E-state index contributed by atoms with van der Waals surface area (Å²) in [6.45, 7) is 0. The summed E-state index contributed by atoms with van der Waals surface area (Å²) >= 11 is 0. The summed E-state index contributed by atoms with van der Waals surface area (Å²) in [5.41, 5.74) is 3.23. The third-order valence-electron chi connectivity index (χ3n) is 4.62. The lowest BCUT2D eigenvalue weighted by molar-refractivity contribution is -0.121. The average molecular weight is 326 g/mol. The molecular weight excluding hydrogens is 304 g/mol. The molecule has 126 valence electrons. The molecule has 1 heterocycles. The Hall–Kier alpha value is -2.56. The fourth-order valence-electron chi connectivity index (χ4n) is 3.25. The zero-order chi connectivity index (χ0) is 17.1. The number of nitrogens with one attached hydrogen (secondary N) is 1. The summed E-state index contributed by atoms with van der Waals surface area (Å²) in [4.78, 5) is 24.0. The maximum atomic E-state index is 12.3. The highest BCUT2D eigenvalue weighted by Gasteiger charge is 2.22. The van der Waals surface area contributed by atoms with E-state index in [1.165, 1.54) is 0 Å². The van der Waals surface area contributed by atoms with Gasteiger partial charge in [0.05, 0.1) is 13.5 Å². The van der Waals surface area contributed by atoms with Crippen LogP contribution in [-0.4, -0.2) is 23.6 Å². The molecular formula is C19H22N2O3. The van der Waals surface area contributed by atoms with Crippen LogP contribution >= 0.6 is 0 Å². The van der Waals surface area contributed by atoms with Crippen molar-refractivity contribution in [1.29, 1.82) is 0 Å². The zero-order valence-electron chi connectivity index (χ0n) is 14.0. The third kappa shape index (κ3) is 3.50. The number of carbonyl (C=O) groups is 1. The van der Waals surface area contributed by atoms with Crippen LogP contribution in [0.25, 0.3) is 0 Å². The van der Waals surface area contributed by atoms with Gasteiger partial charge in [0.2, 0.25) is 11.5 Å². The number of ether oxygens (including phenoxy) is 1. The molecule has 0 bridgehead atoms. The highest BCUT2D eigenvalue weighted by molar-refractivity contribution is 5.79. The van der Waals surface area contributed by atoms with E-state index in [0.717, 1.165) is 41.8 Å². The van der Waals surface area contributed by atoms with Crippen LogP contribution in [0.4, 0.5) is 0 Å². The zero-order valence-corrected chi connectivity index (χ0v) is 14.0. The van der Waals surface area contributed by atoms with Crippen LogP contribution in [0.15, 0.2) is 41.2 Å². The first kappa shape index (κ1) is 16.3. The van der Waals surface area contributed by atoms with Gasteiger partial charge in [0.1, 0.15) is 5.75 Å². The van der Waals surface area contributed by atoms with Crippen LogP contribution in [-0.2, 0) is 31.1 Å². The van der Waals surface area contributed by atoms with E-state index in [2.05, 4.69) is 5.32 Å². The normalized spacial score (nSPS) is 16.3. The van der Waals surface area contributed by atoms with Crippen molar-refractivity contribution in [3.8, 4) is 5.75 Å². The van der Waals surface area contributed by atoms with E-state index in [1.54, 1.807) is 17.7 Å². The molecule has 1 aliphatic rings. The second-order valence-corrected chi connectivity index (χ2v) is 6.23. The Morgan fingerprint density at radius 2 is 2.00 bits per heavy atom. The molecule has 0 radical (unpaired) electrons. The molecule has 24 heavy (non-hydrogen) atoms. The monoisotopic (exact) mass is 326 g/mol. The number of aromatic nitrogens is 1. The highest BCUT2D eigenvalue weighted by Crippen LogP contribution is 2.20. The van der Waals surface area contributed by atoms with Crippen LogP contribution in [0.5, 0.6) is 5.75 Å². The number of benzene rings is 1. The number of hydrogen-bond acceptors (Lipinski definition) is 3. The van der Waals surface area contributed by atoms with Gasteiger partial charge in [-0.05, 0) is 42.5 Å². The molecule has 0 saturated heterocycles. The fourth-order valence-corrected chi connectivity index (χ4v) is 3.25. The molecule has 1 aromatic heterocycles. The summed E-state index contributed by atoms with van der Waals surface area (Å²) < 4.78 is 6.84. The first-order valence-corrected chi connectivity index (χ1v) is 8.17. The molecule has 1 N–H and O–H groups in total.